The monoisotopic (exact) mass is 418 g/mol. The molecule has 0 aliphatic carbocycles. The summed E-state index contributed by atoms with van der Waals surface area (Å²) >= 11 is 6.13. The minimum absolute atomic E-state index is 0.0698. The van der Waals surface area contributed by atoms with Gasteiger partial charge in [-0.15, -0.1) is 0 Å². The van der Waals surface area contributed by atoms with Crippen molar-refractivity contribution in [2.75, 3.05) is 5.32 Å². The molecule has 0 bridgehead atoms. The van der Waals surface area contributed by atoms with Gasteiger partial charge in [0, 0.05) is 29.1 Å². The highest BCUT2D eigenvalue weighted by Gasteiger charge is 2.25. The molecule has 0 spiro atoms. The van der Waals surface area contributed by atoms with Gasteiger partial charge in [0.2, 0.25) is 11.8 Å². The second-order valence-electron chi connectivity index (χ2n) is 6.31. The van der Waals surface area contributed by atoms with Gasteiger partial charge in [-0.25, -0.2) is 0 Å². The Balaban J connectivity index is 1.87. The third-order valence-corrected chi connectivity index (χ3v) is 4.78. The van der Waals surface area contributed by atoms with Gasteiger partial charge in [0.1, 0.15) is 5.69 Å². The molecular weight excluding hydrogens is 404 g/mol. The van der Waals surface area contributed by atoms with E-state index in [1.165, 1.54) is 0 Å². The van der Waals surface area contributed by atoms with Gasteiger partial charge in [-0.1, -0.05) is 47.1 Å². The average molecular weight is 419 g/mol. The number of amides is 2. The molecule has 0 saturated carbocycles. The van der Waals surface area contributed by atoms with Gasteiger partial charge in [-0.05, 0) is 30.3 Å². The summed E-state index contributed by atoms with van der Waals surface area (Å²) in [5.74, 6) is -1.02. The highest BCUT2D eigenvalue weighted by Crippen LogP contribution is 2.39. The van der Waals surface area contributed by atoms with Gasteiger partial charge < -0.3 is 10.3 Å². The molecule has 0 aliphatic heterocycles. The zero-order valence-electron chi connectivity index (χ0n) is 15.5. The normalized spacial score (nSPS) is 10.6. The maximum atomic E-state index is 12.8. The maximum Gasteiger partial charge on any atom is 0.259 e. The Bertz CT molecular complexity index is 1240. The van der Waals surface area contributed by atoms with Crippen molar-refractivity contribution < 1.29 is 14.1 Å². The quantitative estimate of drug-likeness (QED) is 0.498. The summed E-state index contributed by atoms with van der Waals surface area (Å²) in [6.07, 6.45) is 3.21. The summed E-state index contributed by atoms with van der Waals surface area (Å²) in [4.78, 5) is 28.8. The van der Waals surface area contributed by atoms with Crippen LogP contribution in [0, 0.1) is 0 Å². The topological polar surface area (TPSA) is 111 Å². The predicted octanol–water partition coefficient (Wildman–Crippen LogP) is 4.41. The molecule has 0 unspecified atom stereocenters. The van der Waals surface area contributed by atoms with Crippen LogP contribution >= 0.6 is 11.6 Å². The minimum Gasteiger partial charge on any atom is -0.366 e. The predicted molar refractivity (Wildman–Crippen MR) is 113 cm³/mol. The van der Waals surface area contributed by atoms with E-state index < -0.39 is 11.8 Å². The summed E-state index contributed by atoms with van der Waals surface area (Å²) in [6, 6.07) is 16.9. The zero-order chi connectivity index (χ0) is 21.1. The molecule has 2 aromatic heterocycles. The summed E-state index contributed by atoms with van der Waals surface area (Å²) in [7, 11) is 0. The molecule has 3 N–H and O–H groups in total. The Morgan fingerprint density at radius 1 is 0.933 bits per heavy atom. The Hall–Kier alpha value is -3.97. The summed E-state index contributed by atoms with van der Waals surface area (Å²) in [5, 5.41) is 7.13. The first-order chi connectivity index (χ1) is 14.6. The molecule has 0 aliphatic rings. The number of nitrogens with one attached hydrogen (secondary N) is 1. The lowest BCUT2D eigenvalue weighted by Crippen LogP contribution is -2.14. The van der Waals surface area contributed by atoms with E-state index in [4.69, 9.17) is 21.9 Å². The first kappa shape index (κ1) is 19.4. The van der Waals surface area contributed by atoms with Crippen molar-refractivity contribution >= 4 is 29.3 Å². The number of hydrogen-bond donors (Lipinski definition) is 2. The molecule has 0 fully saturated rings. The number of nitrogens with zero attached hydrogens (tertiary/aromatic N) is 2. The average Bonchev–Trinajstić information content (AvgIpc) is 3.17. The van der Waals surface area contributed by atoms with E-state index in [1.54, 1.807) is 73.1 Å². The van der Waals surface area contributed by atoms with Crippen LogP contribution in [0.4, 0.5) is 5.88 Å². The van der Waals surface area contributed by atoms with Gasteiger partial charge >= 0.3 is 0 Å². The van der Waals surface area contributed by atoms with Crippen LogP contribution in [0.1, 0.15) is 20.7 Å². The van der Waals surface area contributed by atoms with E-state index in [2.05, 4.69) is 15.5 Å². The third kappa shape index (κ3) is 3.66. The molecule has 0 saturated heterocycles. The lowest BCUT2D eigenvalue weighted by molar-refractivity contribution is 0.0998. The fourth-order valence-corrected chi connectivity index (χ4v) is 3.29. The van der Waals surface area contributed by atoms with Crippen LogP contribution in [0.5, 0.6) is 0 Å². The first-order valence-electron chi connectivity index (χ1n) is 8.91. The summed E-state index contributed by atoms with van der Waals surface area (Å²) in [6.45, 7) is 0. The van der Waals surface area contributed by atoms with Crippen molar-refractivity contribution in [1.82, 2.24) is 10.1 Å². The molecule has 2 aromatic carbocycles. The fraction of sp³-hybridized carbons (Fsp3) is 0. The smallest absolute Gasteiger partial charge is 0.259 e. The highest BCUT2D eigenvalue weighted by atomic mass is 35.5. The molecule has 2 heterocycles. The number of rotatable bonds is 5. The zero-order valence-corrected chi connectivity index (χ0v) is 16.3. The Morgan fingerprint density at radius 2 is 1.60 bits per heavy atom. The Labute approximate surface area is 176 Å². The van der Waals surface area contributed by atoms with Gasteiger partial charge in [-0.3, -0.25) is 19.9 Å². The van der Waals surface area contributed by atoms with Crippen molar-refractivity contribution in [3.8, 4) is 22.4 Å². The minimum atomic E-state index is -0.615. The SMILES string of the molecule is NC(=O)c1ccccc1-c1c(-c2ccncc2)noc1NC(=O)c1ccccc1Cl. The lowest BCUT2D eigenvalue weighted by atomic mass is 9.96. The summed E-state index contributed by atoms with van der Waals surface area (Å²) in [5.41, 5.74) is 8.14. The number of hydrogen-bond acceptors (Lipinski definition) is 5. The number of halogens is 1. The van der Waals surface area contributed by atoms with Crippen LogP contribution in [0.3, 0.4) is 0 Å². The second-order valence-corrected chi connectivity index (χ2v) is 6.72. The molecule has 148 valence electrons. The molecule has 4 aromatic rings. The van der Waals surface area contributed by atoms with Gasteiger partial charge in [-0.2, -0.15) is 0 Å². The van der Waals surface area contributed by atoms with E-state index in [0.29, 0.717) is 27.4 Å². The Morgan fingerprint density at radius 3 is 2.30 bits per heavy atom. The van der Waals surface area contributed by atoms with Crippen LogP contribution < -0.4 is 11.1 Å². The van der Waals surface area contributed by atoms with E-state index >= 15 is 0 Å². The molecule has 7 nitrogen and oxygen atoms in total. The maximum absolute atomic E-state index is 12.8. The first-order valence-corrected chi connectivity index (χ1v) is 9.29. The standard InChI is InChI=1S/C22H15ClN4O3/c23-17-8-4-3-7-16(17)21(29)26-22-18(14-5-1-2-6-15(14)20(24)28)19(27-30-22)13-9-11-25-12-10-13/h1-12H,(H2,24,28)(H,26,29). The lowest BCUT2D eigenvalue weighted by Gasteiger charge is -2.10. The van der Waals surface area contributed by atoms with Crippen molar-refractivity contribution in [1.29, 1.82) is 0 Å². The van der Waals surface area contributed by atoms with Crippen LogP contribution in [0.25, 0.3) is 22.4 Å². The number of anilines is 1. The fourth-order valence-electron chi connectivity index (χ4n) is 3.06. The largest absolute Gasteiger partial charge is 0.366 e. The number of aromatic nitrogens is 2. The van der Waals surface area contributed by atoms with E-state index in [9.17, 15) is 9.59 Å². The van der Waals surface area contributed by atoms with Gasteiger partial charge in [0.25, 0.3) is 5.91 Å². The van der Waals surface area contributed by atoms with Crippen LogP contribution in [0.2, 0.25) is 5.02 Å². The summed E-state index contributed by atoms with van der Waals surface area (Å²) < 4.78 is 5.47. The molecule has 0 atom stereocenters. The molecule has 2 amide bonds. The number of benzene rings is 2. The van der Waals surface area contributed by atoms with E-state index in [1.807, 2.05) is 0 Å². The number of nitrogens with two attached hydrogens (primary N) is 1. The molecule has 0 radical (unpaired) electrons. The number of primary amides is 1. The number of carbonyl (C=O) groups excluding carboxylic acids is 2. The van der Waals surface area contributed by atoms with Crippen LogP contribution in [0.15, 0.2) is 77.6 Å². The van der Waals surface area contributed by atoms with E-state index in [0.717, 1.165) is 0 Å². The van der Waals surface area contributed by atoms with Crippen molar-refractivity contribution in [2.24, 2.45) is 5.73 Å². The molecule has 8 heteroatoms. The third-order valence-electron chi connectivity index (χ3n) is 4.45. The van der Waals surface area contributed by atoms with Crippen molar-refractivity contribution in [3.63, 3.8) is 0 Å². The molecule has 4 rings (SSSR count). The Kier molecular flexibility index (Phi) is 5.28. The van der Waals surface area contributed by atoms with E-state index in [-0.39, 0.29) is 17.0 Å². The van der Waals surface area contributed by atoms with Crippen LogP contribution in [-0.4, -0.2) is 22.0 Å². The number of carbonyl (C=O) groups is 2. The molecular formula is C22H15ClN4O3. The van der Waals surface area contributed by atoms with Crippen molar-refractivity contribution in [2.45, 2.75) is 0 Å². The molecule has 30 heavy (non-hydrogen) atoms. The number of pyridine rings is 1. The second kappa shape index (κ2) is 8.18. The van der Waals surface area contributed by atoms with Gasteiger partial charge in [0.15, 0.2) is 0 Å². The van der Waals surface area contributed by atoms with Gasteiger partial charge in [0.05, 0.1) is 16.1 Å². The highest BCUT2D eigenvalue weighted by molar-refractivity contribution is 6.34. The van der Waals surface area contributed by atoms with Crippen molar-refractivity contribution in [3.05, 3.63) is 89.2 Å². The van der Waals surface area contributed by atoms with Crippen LogP contribution in [-0.2, 0) is 0 Å².